The van der Waals surface area contributed by atoms with Crippen LogP contribution in [0.3, 0.4) is 0 Å². The van der Waals surface area contributed by atoms with E-state index < -0.39 is 0 Å². The van der Waals surface area contributed by atoms with E-state index >= 15 is 0 Å². The van der Waals surface area contributed by atoms with Crippen molar-refractivity contribution in [2.75, 3.05) is 10.6 Å². The Hall–Kier alpha value is -3.18. The number of benzene rings is 3. The molecule has 148 valence electrons. The van der Waals surface area contributed by atoms with E-state index in [-0.39, 0.29) is 5.91 Å². The lowest BCUT2D eigenvalue weighted by molar-refractivity contribution is -0.115. The molecule has 0 atom stereocenters. The molecule has 0 aliphatic carbocycles. The minimum Gasteiger partial charge on any atom is -0.340 e. The van der Waals surface area contributed by atoms with Gasteiger partial charge >= 0.3 is 0 Å². The third-order valence-electron chi connectivity index (χ3n) is 4.44. The molecule has 3 rings (SSSR count). The number of nitrogens with zero attached hydrogens (tertiary/aromatic N) is 1. The first kappa shape index (κ1) is 20.6. The maximum absolute atomic E-state index is 11.7. The molecule has 3 aromatic carbocycles. The normalized spacial score (nSPS) is 10.2. The molecule has 0 aromatic heterocycles. The van der Waals surface area contributed by atoms with Gasteiger partial charge in [0.1, 0.15) is 0 Å². The zero-order valence-electron chi connectivity index (χ0n) is 16.5. The van der Waals surface area contributed by atoms with Crippen LogP contribution >= 0.6 is 12.2 Å². The van der Waals surface area contributed by atoms with Gasteiger partial charge < -0.3 is 15.5 Å². The Kier molecular flexibility index (Phi) is 7.36. The van der Waals surface area contributed by atoms with E-state index in [9.17, 15) is 4.79 Å². The summed E-state index contributed by atoms with van der Waals surface area (Å²) in [5, 5.41) is 6.83. The van der Waals surface area contributed by atoms with Gasteiger partial charge in [-0.15, -0.1) is 0 Å². The van der Waals surface area contributed by atoms with Crippen LogP contribution in [0.25, 0.3) is 0 Å². The van der Waals surface area contributed by atoms with Crippen molar-refractivity contribution in [3.8, 4) is 0 Å². The average molecular weight is 404 g/mol. The van der Waals surface area contributed by atoms with E-state index in [1.54, 1.807) is 0 Å². The molecule has 0 radical (unpaired) electrons. The van der Waals surface area contributed by atoms with Crippen LogP contribution in [-0.2, 0) is 17.9 Å². The Balaban J connectivity index is 1.75. The van der Waals surface area contributed by atoms with Gasteiger partial charge in [-0.05, 0) is 41.5 Å². The van der Waals surface area contributed by atoms with Gasteiger partial charge in [-0.3, -0.25) is 4.79 Å². The second-order valence-electron chi connectivity index (χ2n) is 6.74. The van der Waals surface area contributed by atoms with Gasteiger partial charge in [0.05, 0.1) is 0 Å². The van der Waals surface area contributed by atoms with Gasteiger partial charge in [-0.25, -0.2) is 0 Å². The van der Waals surface area contributed by atoms with Crippen molar-refractivity contribution in [2.45, 2.75) is 26.4 Å². The van der Waals surface area contributed by atoms with Gasteiger partial charge in [0.2, 0.25) is 5.91 Å². The van der Waals surface area contributed by atoms with E-state index in [2.05, 4.69) is 39.8 Å². The fourth-order valence-electron chi connectivity index (χ4n) is 2.93. The van der Waals surface area contributed by atoms with Crippen molar-refractivity contribution in [1.82, 2.24) is 4.90 Å². The summed E-state index contributed by atoms with van der Waals surface area (Å²) >= 11 is 5.74. The number of thiocarbonyl (C=S) groups is 1. The number of amides is 1. The summed E-state index contributed by atoms with van der Waals surface area (Å²) in [6, 6.07) is 28.2. The predicted molar refractivity (Wildman–Crippen MR) is 124 cm³/mol. The number of anilines is 2. The van der Waals surface area contributed by atoms with E-state index in [0.29, 0.717) is 24.6 Å². The molecule has 0 heterocycles. The Bertz CT molecular complexity index is 903. The van der Waals surface area contributed by atoms with Crippen molar-refractivity contribution in [3.05, 3.63) is 96.1 Å². The highest BCUT2D eigenvalue weighted by molar-refractivity contribution is 7.80. The molecule has 3 aromatic rings. The third kappa shape index (κ3) is 6.43. The number of carbonyl (C=O) groups excluding carboxylic acids is 1. The second-order valence-corrected chi connectivity index (χ2v) is 7.13. The van der Waals surface area contributed by atoms with Gasteiger partial charge in [0, 0.05) is 30.9 Å². The van der Waals surface area contributed by atoms with Gasteiger partial charge in [-0.1, -0.05) is 73.7 Å². The Morgan fingerprint density at radius 3 is 1.83 bits per heavy atom. The van der Waals surface area contributed by atoms with Gasteiger partial charge in [0.25, 0.3) is 0 Å². The minimum absolute atomic E-state index is 0.0143. The van der Waals surface area contributed by atoms with E-state index in [1.807, 2.05) is 67.6 Å². The molecule has 29 heavy (non-hydrogen) atoms. The average Bonchev–Trinajstić information content (AvgIpc) is 2.75. The van der Waals surface area contributed by atoms with Gasteiger partial charge in [0.15, 0.2) is 5.11 Å². The predicted octanol–water partition coefficient (Wildman–Crippen LogP) is 5.43. The smallest absolute Gasteiger partial charge is 0.224 e. The summed E-state index contributed by atoms with van der Waals surface area (Å²) in [5.41, 5.74) is 3.98. The summed E-state index contributed by atoms with van der Waals surface area (Å²) in [6.07, 6.45) is 0.442. The summed E-state index contributed by atoms with van der Waals surface area (Å²) in [7, 11) is 0. The van der Waals surface area contributed by atoms with E-state index in [1.165, 1.54) is 11.1 Å². The van der Waals surface area contributed by atoms with E-state index in [4.69, 9.17) is 12.2 Å². The summed E-state index contributed by atoms with van der Waals surface area (Å²) in [6.45, 7) is 3.24. The maximum atomic E-state index is 11.7. The summed E-state index contributed by atoms with van der Waals surface area (Å²) < 4.78 is 0. The number of rotatable bonds is 7. The first-order chi connectivity index (χ1) is 14.1. The van der Waals surface area contributed by atoms with Crippen LogP contribution < -0.4 is 10.6 Å². The zero-order valence-corrected chi connectivity index (χ0v) is 17.3. The lowest BCUT2D eigenvalue weighted by atomic mass is 10.2. The highest BCUT2D eigenvalue weighted by Gasteiger charge is 2.12. The van der Waals surface area contributed by atoms with Crippen LogP contribution in [0.1, 0.15) is 24.5 Å². The van der Waals surface area contributed by atoms with Crippen LogP contribution in [0, 0.1) is 0 Å². The third-order valence-corrected chi connectivity index (χ3v) is 4.80. The fourth-order valence-corrected chi connectivity index (χ4v) is 3.18. The zero-order chi connectivity index (χ0) is 20.5. The number of hydrogen-bond donors (Lipinski definition) is 2. The molecule has 0 aliphatic rings. The minimum atomic E-state index is -0.0143. The topological polar surface area (TPSA) is 44.4 Å². The lowest BCUT2D eigenvalue weighted by Gasteiger charge is -2.26. The number of hydrogen-bond acceptors (Lipinski definition) is 2. The molecule has 1 amide bonds. The number of carbonyl (C=O) groups is 1. The van der Waals surface area contributed by atoms with Crippen molar-refractivity contribution in [2.24, 2.45) is 0 Å². The molecule has 4 nitrogen and oxygen atoms in total. The molecule has 0 aliphatic heterocycles. The Labute approximate surface area is 177 Å². The SMILES string of the molecule is CCC(=O)Nc1cccc(NC(=S)N(Cc2ccccc2)Cc2ccccc2)c1. The second kappa shape index (κ2) is 10.4. The van der Waals surface area contributed by atoms with E-state index in [0.717, 1.165) is 11.4 Å². The van der Waals surface area contributed by atoms with Crippen LogP contribution in [-0.4, -0.2) is 15.9 Å². The largest absolute Gasteiger partial charge is 0.340 e. The Morgan fingerprint density at radius 1 is 0.793 bits per heavy atom. The monoisotopic (exact) mass is 403 g/mol. The summed E-state index contributed by atoms with van der Waals surface area (Å²) in [4.78, 5) is 13.8. The first-order valence-corrected chi connectivity index (χ1v) is 10.1. The Morgan fingerprint density at radius 2 is 1.31 bits per heavy atom. The molecule has 0 saturated carbocycles. The highest BCUT2D eigenvalue weighted by atomic mass is 32.1. The quantitative estimate of drug-likeness (QED) is 0.516. The van der Waals surface area contributed by atoms with Crippen LogP contribution in [0.15, 0.2) is 84.9 Å². The first-order valence-electron chi connectivity index (χ1n) is 9.67. The molecule has 0 unspecified atom stereocenters. The lowest BCUT2D eigenvalue weighted by Crippen LogP contribution is -2.33. The van der Waals surface area contributed by atoms with Crippen LogP contribution in [0.4, 0.5) is 11.4 Å². The van der Waals surface area contributed by atoms with Crippen LogP contribution in [0.5, 0.6) is 0 Å². The molecule has 2 N–H and O–H groups in total. The van der Waals surface area contributed by atoms with Crippen LogP contribution in [0.2, 0.25) is 0 Å². The molecule has 0 bridgehead atoms. The molecular formula is C24H25N3OS. The maximum Gasteiger partial charge on any atom is 0.224 e. The highest BCUT2D eigenvalue weighted by Crippen LogP contribution is 2.18. The molecule has 0 spiro atoms. The van der Waals surface area contributed by atoms with Crippen molar-refractivity contribution < 1.29 is 4.79 Å². The van der Waals surface area contributed by atoms with Gasteiger partial charge in [-0.2, -0.15) is 0 Å². The van der Waals surface area contributed by atoms with Crippen molar-refractivity contribution in [3.63, 3.8) is 0 Å². The molecule has 0 fully saturated rings. The molecular weight excluding hydrogens is 378 g/mol. The standard InChI is InChI=1S/C24H25N3OS/c1-2-23(28)25-21-14-9-15-22(16-21)26-24(29)27(17-19-10-5-3-6-11-19)18-20-12-7-4-8-13-20/h3-16H,2,17-18H2,1H3,(H,25,28)(H,26,29). The molecule has 5 heteroatoms. The van der Waals surface area contributed by atoms with Crippen molar-refractivity contribution in [1.29, 1.82) is 0 Å². The molecule has 0 saturated heterocycles. The number of nitrogens with one attached hydrogen (secondary N) is 2. The van der Waals surface area contributed by atoms with Crippen molar-refractivity contribution >= 4 is 34.6 Å². The fraction of sp³-hybridized carbons (Fsp3) is 0.167. The summed E-state index contributed by atoms with van der Waals surface area (Å²) in [5.74, 6) is -0.0143.